The first kappa shape index (κ1) is 16.9. The molecule has 0 radical (unpaired) electrons. The number of rotatable bonds is 9. The van der Waals surface area contributed by atoms with Crippen LogP contribution in [0, 0.1) is 0 Å². The van der Waals surface area contributed by atoms with Crippen LogP contribution >= 0.6 is 12.2 Å². The lowest BCUT2D eigenvalue weighted by Crippen LogP contribution is -2.32. The largest absolute Gasteiger partial charge is 0.378 e. The zero-order valence-electron chi connectivity index (χ0n) is 13.4. The summed E-state index contributed by atoms with van der Waals surface area (Å²) in [6.45, 7) is 5.20. The molecule has 0 unspecified atom stereocenters. The Morgan fingerprint density at radius 3 is 2.64 bits per heavy atom. The predicted molar refractivity (Wildman–Crippen MR) is 101 cm³/mol. The highest BCUT2D eigenvalue weighted by molar-refractivity contribution is 7.80. The van der Waals surface area contributed by atoms with Gasteiger partial charge in [0.1, 0.15) is 0 Å². The molecule has 0 bridgehead atoms. The molecule has 0 saturated heterocycles. The standard InChI is InChI=1S/C19H26N2S/c1-2-3-6-12-20-13-14-21-19(22)15-17-10-7-9-16-8-4-5-11-18(16)17/h4-5,7-11,20H,2-3,6,12-15H2,1H3,(H,21,22). The molecule has 2 N–H and O–H groups in total. The van der Waals surface area contributed by atoms with Crippen LogP contribution in [0.5, 0.6) is 0 Å². The Hall–Kier alpha value is -1.45. The molecule has 2 rings (SSSR count). The van der Waals surface area contributed by atoms with Gasteiger partial charge in [-0.15, -0.1) is 0 Å². The molecular formula is C19H26N2S. The van der Waals surface area contributed by atoms with Gasteiger partial charge in [0.25, 0.3) is 0 Å². The highest BCUT2D eigenvalue weighted by Crippen LogP contribution is 2.18. The fourth-order valence-corrected chi connectivity index (χ4v) is 2.85. The minimum atomic E-state index is 0.812. The van der Waals surface area contributed by atoms with E-state index in [-0.39, 0.29) is 0 Å². The quantitative estimate of drug-likeness (QED) is 0.539. The van der Waals surface area contributed by atoms with Crippen LogP contribution in [0.15, 0.2) is 42.5 Å². The van der Waals surface area contributed by atoms with E-state index < -0.39 is 0 Å². The molecule has 0 aliphatic carbocycles. The van der Waals surface area contributed by atoms with Crippen LogP contribution < -0.4 is 10.6 Å². The van der Waals surface area contributed by atoms with Gasteiger partial charge in [-0.1, -0.05) is 74.4 Å². The zero-order valence-corrected chi connectivity index (χ0v) is 14.2. The normalized spacial score (nSPS) is 10.8. The molecule has 3 heteroatoms. The molecule has 0 atom stereocenters. The maximum absolute atomic E-state index is 5.48. The van der Waals surface area contributed by atoms with Crippen molar-refractivity contribution >= 4 is 28.0 Å². The number of thiocarbonyl (C=S) groups is 1. The van der Waals surface area contributed by atoms with Gasteiger partial charge in [0, 0.05) is 19.5 Å². The lowest BCUT2D eigenvalue weighted by Gasteiger charge is -2.11. The second kappa shape index (κ2) is 9.54. The first-order valence-corrected chi connectivity index (χ1v) is 8.66. The first-order chi connectivity index (χ1) is 10.8. The summed E-state index contributed by atoms with van der Waals surface area (Å²) < 4.78 is 0. The summed E-state index contributed by atoms with van der Waals surface area (Å²) in [5, 5.41) is 9.38. The number of benzene rings is 2. The lowest BCUT2D eigenvalue weighted by atomic mass is 10.0. The molecule has 2 aromatic rings. The number of fused-ring (bicyclic) bond motifs is 1. The Morgan fingerprint density at radius 1 is 0.955 bits per heavy atom. The van der Waals surface area contributed by atoms with Crippen molar-refractivity contribution < 1.29 is 0 Å². The van der Waals surface area contributed by atoms with Crippen LogP contribution in [0.1, 0.15) is 31.7 Å². The molecule has 0 saturated carbocycles. The van der Waals surface area contributed by atoms with Crippen LogP contribution in [-0.2, 0) is 6.42 Å². The van der Waals surface area contributed by atoms with Gasteiger partial charge >= 0.3 is 0 Å². The van der Waals surface area contributed by atoms with Crippen LogP contribution in [0.4, 0.5) is 0 Å². The van der Waals surface area contributed by atoms with E-state index in [9.17, 15) is 0 Å². The molecule has 0 aliphatic heterocycles. The Bertz CT molecular complexity index is 590. The van der Waals surface area contributed by atoms with E-state index in [2.05, 4.69) is 60.0 Å². The van der Waals surface area contributed by atoms with E-state index in [1.807, 2.05) is 0 Å². The Morgan fingerprint density at radius 2 is 1.77 bits per heavy atom. The number of hydrogen-bond acceptors (Lipinski definition) is 2. The minimum absolute atomic E-state index is 0.812. The summed E-state index contributed by atoms with van der Waals surface area (Å²) in [6.07, 6.45) is 4.65. The van der Waals surface area contributed by atoms with Crippen LogP contribution in [0.2, 0.25) is 0 Å². The van der Waals surface area contributed by atoms with Gasteiger partial charge in [0.05, 0.1) is 4.99 Å². The molecule has 0 fully saturated rings. The zero-order chi connectivity index (χ0) is 15.6. The Kier molecular flexibility index (Phi) is 7.34. The van der Waals surface area contributed by atoms with Crippen molar-refractivity contribution in [2.75, 3.05) is 19.6 Å². The molecule has 118 valence electrons. The Labute approximate surface area is 139 Å². The number of unbranched alkanes of at least 4 members (excludes halogenated alkanes) is 2. The molecule has 0 aliphatic rings. The van der Waals surface area contributed by atoms with Crippen molar-refractivity contribution in [2.24, 2.45) is 0 Å². The van der Waals surface area contributed by atoms with Crippen molar-refractivity contribution in [3.05, 3.63) is 48.0 Å². The fourth-order valence-electron chi connectivity index (χ4n) is 2.60. The monoisotopic (exact) mass is 314 g/mol. The van der Waals surface area contributed by atoms with Gasteiger partial charge in [-0.05, 0) is 29.3 Å². The van der Waals surface area contributed by atoms with Crippen molar-refractivity contribution in [2.45, 2.75) is 32.6 Å². The smallest absolute Gasteiger partial charge is 0.0798 e. The fraction of sp³-hybridized carbons (Fsp3) is 0.421. The minimum Gasteiger partial charge on any atom is -0.378 e. The summed E-state index contributed by atoms with van der Waals surface area (Å²) in [6, 6.07) is 14.9. The first-order valence-electron chi connectivity index (χ1n) is 8.25. The third-order valence-corrected chi connectivity index (χ3v) is 4.10. The predicted octanol–water partition coefficient (Wildman–Crippen LogP) is 4.08. The molecule has 0 spiro atoms. The van der Waals surface area contributed by atoms with E-state index in [1.165, 1.54) is 35.6 Å². The summed E-state index contributed by atoms with van der Waals surface area (Å²) in [4.78, 5) is 0.923. The average molecular weight is 314 g/mol. The number of nitrogens with one attached hydrogen (secondary N) is 2. The topological polar surface area (TPSA) is 24.1 Å². The van der Waals surface area contributed by atoms with Gasteiger partial charge < -0.3 is 10.6 Å². The van der Waals surface area contributed by atoms with Crippen molar-refractivity contribution in [3.63, 3.8) is 0 Å². The lowest BCUT2D eigenvalue weighted by molar-refractivity contribution is 0.611. The summed E-state index contributed by atoms with van der Waals surface area (Å²) in [7, 11) is 0. The Balaban J connectivity index is 1.75. The van der Waals surface area contributed by atoms with Gasteiger partial charge in [-0.2, -0.15) is 0 Å². The van der Waals surface area contributed by atoms with Crippen molar-refractivity contribution in [1.82, 2.24) is 10.6 Å². The summed E-state index contributed by atoms with van der Waals surface area (Å²) in [5.74, 6) is 0. The summed E-state index contributed by atoms with van der Waals surface area (Å²) in [5.41, 5.74) is 1.30. The molecule has 0 heterocycles. The highest BCUT2D eigenvalue weighted by atomic mass is 32.1. The third-order valence-electron chi connectivity index (χ3n) is 3.81. The van der Waals surface area contributed by atoms with Gasteiger partial charge in [-0.3, -0.25) is 0 Å². The average Bonchev–Trinajstić information content (AvgIpc) is 2.54. The van der Waals surface area contributed by atoms with E-state index in [4.69, 9.17) is 12.2 Å². The van der Waals surface area contributed by atoms with Crippen LogP contribution in [0.3, 0.4) is 0 Å². The highest BCUT2D eigenvalue weighted by Gasteiger charge is 2.03. The second-order valence-corrected chi connectivity index (χ2v) is 6.11. The van der Waals surface area contributed by atoms with Crippen molar-refractivity contribution in [3.8, 4) is 0 Å². The van der Waals surface area contributed by atoms with E-state index >= 15 is 0 Å². The van der Waals surface area contributed by atoms with Gasteiger partial charge in [-0.25, -0.2) is 0 Å². The second-order valence-electron chi connectivity index (χ2n) is 5.62. The van der Waals surface area contributed by atoms with Crippen molar-refractivity contribution in [1.29, 1.82) is 0 Å². The molecule has 0 amide bonds. The number of hydrogen-bond donors (Lipinski definition) is 2. The van der Waals surface area contributed by atoms with E-state index in [0.29, 0.717) is 0 Å². The summed E-state index contributed by atoms with van der Waals surface area (Å²) >= 11 is 5.48. The van der Waals surface area contributed by atoms with E-state index in [1.54, 1.807) is 0 Å². The van der Waals surface area contributed by atoms with E-state index in [0.717, 1.165) is 31.0 Å². The molecule has 0 aromatic heterocycles. The molecule has 2 aromatic carbocycles. The molecular weight excluding hydrogens is 288 g/mol. The van der Waals surface area contributed by atoms with Gasteiger partial charge in [0.15, 0.2) is 0 Å². The molecule has 2 nitrogen and oxygen atoms in total. The van der Waals surface area contributed by atoms with Gasteiger partial charge in [0.2, 0.25) is 0 Å². The third kappa shape index (κ3) is 5.39. The SMILES string of the molecule is CCCCCNCCNC(=S)Cc1cccc2ccccc12. The maximum atomic E-state index is 5.48. The van der Waals surface area contributed by atoms with Crippen LogP contribution in [0.25, 0.3) is 10.8 Å². The molecule has 22 heavy (non-hydrogen) atoms. The van der Waals surface area contributed by atoms with Crippen LogP contribution in [-0.4, -0.2) is 24.6 Å². The maximum Gasteiger partial charge on any atom is 0.0798 e.